The van der Waals surface area contributed by atoms with Crippen LogP contribution in [0.15, 0.2) is 18.2 Å². The first-order valence-electron chi connectivity index (χ1n) is 7.63. The Balaban J connectivity index is 0. The lowest BCUT2D eigenvalue weighted by Gasteiger charge is -2.08. The molecule has 0 aliphatic rings. The number of carboxylic acids is 2. The topological polar surface area (TPSA) is 144 Å². The first-order valence-corrected chi connectivity index (χ1v) is 7.63. The van der Waals surface area contributed by atoms with Crippen molar-refractivity contribution in [1.82, 2.24) is 9.80 Å². The maximum absolute atomic E-state index is 11.2. The van der Waals surface area contributed by atoms with Gasteiger partial charge in [0.2, 0.25) is 18.7 Å². The van der Waals surface area contributed by atoms with Gasteiger partial charge >= 0.3 is 11.9 Å². The number of amides is 3. The Kier molecular flexibility index (Phi) is 13.2. The molecule has 0 heterocycles. The largest absolute Gasteiger partial charge is 0.478 e. The molecule has 0 spiro atoms. The molecule has 27 heavy (non-hydrogen) atoms. The highest BCUT2D eigenvalue weighted by molar-refractivity contribution is 6.02. The Hall–Kier alpha value is -3.43. The summed E-state index contributed by atoms with van der Waals surface area (Å²) in [5.74, 6) is -2.79. The standard InChI is InChI=1S/C11H11NO5.2C3H7NO/c1-2-9(13)12-8-5-6(10(14)15)3-4-7(8)11(16)17;2*1-4(2)3-5/h3-5H,2H2,1H3,(H,12,13)(H,14,15)(H,16,17);2*3H,1-2H3. The van der Waals surface area contributed by atoms with Gasteiger partial charge in [-0.15, -0.1) is 0 Å². The second-order valence-corrected chi connectivity index (χ2v) is 5.41. The van der Waals surface area contributed by atoms with Crippen LogP contribution in [0.4, 0.5) is 5.69 Å². The molecule has 150 valence electrons. The van der Waals surface area contributed by atoms with Crippen molar-refractivity contribution >= 4 is 36.4 Å². The number of hydrogen-bond acceptors (Lipinski definition) is 5. The van der Waals surface area contributed by atoms with E-state index in [4.69, 9.17) is 10.2 Å². The van der Waals surface area contributed by atoms with Gasteiger partial charge in [0, 0.05) is 34.6 Å². The Bertz CT molecular complexity index is 646. The minimum Gasteiger partial charge on any atom is -0.478 e. The number of benzene rings is 1. The summed E-state index contributed by atoms with van der Waals surface area (Å²) in [7, 11) is 6.75. The van der Waals surface area contributed by atoms with E-state index in [1.165, 1.54) is 15.9 Å². The van der Waals surface area contributed by atoms with Crippen LogP contribution in [0.1, 0.15) is 34.1 Å². The number of aromatic carboxylic acids is 2. The number of hydrogen-bond donors (Lipinski definition) is 3. The van der Waals surface area contributed by atoms with Gasteiger partial charge in [0.15, 0.2) is 0 Å². The molecule has 0 aliphatic heterocycles. The predicted octanol–water partition coefficient (Wildman–Crippen LogP) is 0.840. The summed E-state index contributed by atoms with van der Waals surface area (Å²) in [4.78, 5) is 54.5. The fraction of sp³-hybridized carbons (Fsp3) is 0.353. The van der Waals surface area contributed by atoms with Crippen molar-refractivity contribution in [2.75, 3.05) is 33.5 Å². The highest BCUT2D eigenvalue weighted by Crippen LogP contribution is 2.18. The Morgan fingerprint density at radius 1 is 0.963 bits per heavy atom. The van der Waals surface area contributed by atoms with Crippen LogP contribution in [-0.2, 0) is 14.4 Å². The molecule has 0 aliphatic carbocycles. The van der Waals surface area contributed by atoms with E-state index in [1.807, 2.05) is 0 Å². The van der Waals surface area contributed by atoms with Crippen LogP contribution >= 0.6 is 0 Å². The number of anilines is 1. The van der Waals surface area contributed by atoms with Crippen LogP contribution in [-0.4, -0.2) is 78.9 Å². The zero-order valence-corrected chi connectivity index (χ0v) is 15.9. The number of nitrogens with one attached hydrogen (secondary N) is 1. The van der Waals surface area contributed by atoms with Gasteiger partial charge in [-0.25, -0.2) is 9.59 Å². The van der Waals surface area contributed by atoms with Crippen LogP contribution in [0.3, 0.4) is 0 Å². The number of rotatable bonds is 6. The molecule has 0 saturated heterocycles. The Morgan fingerprint density at radius 3 is 1.70 bits per heavy atom. The summed E-state index contributed by atoms with van der Waals surface area (Å²) in [6.45, 7) is 1.61. The van der Waals surface area contributed by atoms with Crippen molar-refractivity contribution in [3.05, 3.63) is 29.3 Å². The molecule has 10 nitrogen and oxygen atoms in total. The Labute approximate surface area is 157 Å². The summed E-state index contributed by atoms with van der Waals surface area (Å²) in [5.41, 5.74) is -0.234. The van der Waals surface area contributed by atoms with Gasteiger partial charge in [0.1, 0.15) is 0 Å². The predicted molar refractivity (Wildman–Crippen MR) is 98.8 cm³/mol. The normalized spacial score (nSPS) is 8.63. The lowest BCUT2D eigenvalue weighted by molar-refractivity contribution is -0.116. The fourth-order valence-corrected chi connectivity index (χ4v) is 1.21. The van der Waals surface area contributed by atoms with Gasteiger partial charge in [-0.05, 0) is 18.2 Å². The van der Waals surface area contributed by atoms with Crippen molar-refractivity contribution < 1.29 is 34.2 Å². The van der Waals surface area contributed by atoms with E-state index in [0.717, 1.165) is 25.0 Å². The third-order valence-electron chi connectivity index (χ3n) is 2.51. The summed E-state index contributed by atoms with van der Waals surface area (Å²) in [6, 6.07) is 3.45. The average Bonchev–Trinajstić information content (AvgIpc) is 2.62. The average molecular weight is 383 g/mol. The molecule has 10 heteroatoms. The van der Waals surface area contributed by atoms with Crippen LogP contribution in [0.2, 0.25) is 0 Å². The lowest BCUT2D eigenvalue weighted by Crippen LogP contribution is -2.14. The van der Waals surface area contributed by atoms with Gasteiger partial charge in [0.25, 0.3) is 0 Å². The van der Waals surface area contributed by atoms with Crippen molar-refractivity contribution in [2.24, 2.45) is 0 Å². The molecule has 0 bridgehead atoms. The van der Waals surface area contributed by atoms with Crippen LogP contribution in [0.25, 0.3) is 0 Å². The van der Waals surface area contributed by atoms with Gasteiger partial charge in [-0.1, -0.05) is 6.92 Å². The molecule has 0 atom stereocenters. The SMILES string of the molecule is CCC(=O)Nc1cc(C(=O)O)ccc1C(=O)O.CN(C)C=O.CN(C)C=O. The molecule has 0 unspecified atom stereocenters. The molecule has 3 N–H and O–H groups in total. The van der Waals surface area contributed by atoms with E-state index >= 15 is 0 Å². The molecule has 1 aromatic carbocycles. The Morgan fingerprint density at radius 2 is 1.41 bits per heavy atom. The number of carbonyl (C=O) groups excluding carboxylic acids is 3. The highest BCUT2D eigenvalue weighted by atomic mass is 16.4. The number of carbonyl (C=O) groups is 5. The first kappa shape index (κ1) is 25.8. The second-order valence-electron chi connectivity index (χ2n) is 5.41. The van der Waals surface area contributed by atoms with E-state index < -0.39 is 11.9 Å². The van der Waals surface area contributed by atoms with Crippen molar-refractivity contribution in [3.8, 4) is 0 Å². The van der Waals surface area contributed by atoms with E-state index in [-0.39, 0.29) is 29.1 Å². The maximum atomic E-state index is 11.2. The van der Waals surface area contributed by atoms with Crippen molar-refractivity contribution in [2.45, 2.75) is 13.3 Å². The quantitative estimate of drug-likeness (QED) is 0.617. The van der Waals surface area contributed by atoms with E-state index in [0.29, 0.717) is 0 Å². The molecular weight excluding hydrogens is 358 g/mol. The summed E-state index contributed by atoms with van der Waals surface area (Å²) < 4.78 is 0. The van der Waals surface area contributed by atoms with Gasteiger partial charge in [-0.3, -0.25) is 14.4 Å². The monoisotopic (exact) mass is 383 g/mol. The van der Waals surface area contributed by atoms with Crippen LogP contribution in [0, 0.1) is 0 Å². The molecule has 0 radical (unpaired) electrons. The second kappa shape index (κ2) is 13.8. The number of nitrogens with zero attached hydrogens (tertiary/aromatic N) is 2. The minimum absolute atomic E-state index is 0.00995. The third-order valence-corrected chi connectivity index (χ3v) is 2.51. The van der Waals surface area contributed by atoms with Gasteiger partial charge in [0.05, 0.1) is 16.8 Å². The third kappa shape index (κ3) is 12.6. The van der Waals surface area contributed by atoms with Gasteiger partial charge < -0.3 is 25.3 Å². The van der Waals surface area contributed by atoms with Crippen molar-refractivity contribution in [3.63, 3.8) is 0 Å². The van der Waals surface area contributed by atoms with Gasteiger partial charge in [-0.2, -0.15) is 0 Å². The zero-order chi connectivity index (χ0) is 21.6. The lowest BCUT2D eigenvalue weighted by atomic mass is 10.1. The summed E-state index contributed by atoms with van der Waals surface area (Å²) in [5, 5.41) is 20.0. The number of carboxylic acid groups (broad SMARTS) is 2. The molecular formula is C17H25N3O7. The maximum Gasteiger partial charge on any atom is 0.337 e. The van der Waals surface area contributed by atoms with E-state index in [2.05, 4.69) is 5.32 Å². The zero-order valence-electron chi connectivity index (χ0n) is 15.9. The summed E-state index contributed by atoms with van der Waals surface area (Å²) >= 11 is 0. The molecule has 1 aromatic rings. The van der Waals surface area contributed by atoms with E-state index in [9.17, 15) is 24.0 Å². The summed E-state index contributed by atoms with van der Waals surface area (Å²) in [6.07, 6.45) is 1.68. The fourth-order valence-electron chi connectivity index (χ4n) is 1.21. The highest BCUT2D eigenvalue weighted by Gasteiger charge is 2.14. The first-order chi connectivity index (χ1) is 12.5. The smallest absolute Gasteiger partial charge is 0.337 e. The van der Waals surface area contributed by atoms with Crippen LogP contribution < -0.4 is 5.32 Å². The van der Waals surface area contributed by atoms with Crippen molar-refractivity contribution in [1.29, 1.82) is 0 Å². The van der Waals surface area contributed by atoms with E-state index in [1.54, 1.807) is 35.1 Å². The van der Waals surface area contributed by atoms with Crippen LogP contribution in [0.5, 0.6) is 0 Å². The molecule has 3 amide bonds. The minimum atomic E-state index is -1.23. The molecule has 0 saturated carbocycles. The molecule has 0 aromatic heterocycles. The molecule has 0 fully saturated rings. The molecule has 1 rings (SSSR count).